The van der Waals surface area contributed by atoms with Gasteiger partial charge in [0, 0.05) is 5.56 Å². The van der Waals surface area contributed by atoms with E-state index in [0.717, 1.165) is 11.6 Å². The Morgan fingerprint density at radius 3 is 2.07 bits per heavy atom. The van der Waals surface area contributed by atoms with E-state index in [1.165, 1.54) is 42.5 Å². The number of carbonyl (C=O) groups excluding carboxylic acids is 2. The molecule has 0 saturated carbocycles. The number of aryl methyl sites for hydroxylation is 1. The molecule has 3 aromatic rings. The molecule has 0 aliphatic heterocycles. The molecule has 0 aliphatic rings. The maximum Gasteiger partial charge on any atom is 0.272 e. The third kappa shape index (κ3) is 4.81. The summed E-state index contributed by atoms with van der Waals surface area (Å²) in [5.74, 6) is -2.22. The standard InChI is InChI=1S/C21H18FN3O4S/c1-14-6-2-5-9-19(14)25-30(28,29)16-12-10-15(11-13-16)20(26)23-24-21(27)17-7-3-4-8-18(17)22/h2-13,25H,1H3,(H,23,26)(H,24,27). The van der Waals surface area contributed by atoms with Crippen LogP contribution in [0.5, 0.6) is 0 Å². The maximum atomic E-state index is 13.6. The van der Waals surface area contributed by atoms with Crippen molar-refractivity contribution in [3.05, 3.63) is 95.3 Å². The smallest absolute Gasteiger partial charge is 0.272 e. The molecule has 0 fully saturated rings. The van der Waals surface area contributed by atoms with Crippen molar-refractivity contribution in [2.45, 2.75) is 11.8 Å². The molecule has 3 N–H and O–H groups in total. The summed E-state index contributed by atoms with van der Waals surface area (Å²) in [6.45, 7) is 1.78. The van der Waals surface area contributed by atoms with Crippen molar-refractivity contribution in [2.75, 3.05) is 4.72 Å². The van der Waals surface area contributed by atoms with Crippen LogP contribution in [0.4, 0.5) is 10.1 Å². The minimum absolute atomic E-state index is 0.0299. The Labute approximate surface area is 173 Å². The third-order valence-electron chi connectivity index (χ3n) is 4.22. The van der Waals surface area contributed by atoms with Gasteiger partial charge in [-0.25, -0.2) is 12.8 Å². The van der Waals surface area contributed by atoms with Crippen molar-refractivity contribution in [1.29, 1.82) is 0 Å². The molecule has 9 heteroatoms. The molecule has 0 saturated heterocycles. The Morgan fingerprint density at radius 2 is 1.40 bits per heavy atom. The molecule has 0 spiro atoms. The van der Waals surface area contributed by atoms with Crippen LogP contribution in [-0.4, -0.2) is 20.2 Å². The highest BCUT2D eigenvalue weighted by molar-refractivity contribution is 7.92. The Kier molecular flexibility index (Phi) is 6.12. The molecule has 7 nitrogen and oxygen atoms in total. The predicted molar refractivity (Wildman–Crippen MR) is 110 cm³/mol. The quantitative estimate of drug-likeness (QED) is 0.545. The third-order valence-corrected chi connectivity index (χ3v) is 5.61. The fraction of sp³-hybridized carbons (Fsp3) is 0.0476. The second-order valence-electron chi connectivity index (χ2n) is 6.33. The van der Waals surface area contributed by atoms with Gasteiger partial charge in [-0.3, -0.25) is 25.2 Å². The Hall–Kier alpha value is -3.72. The Morgan fingerprint density at radius 1 is 0.800 bits per heavy atom. The van der Waals surface area contributed by atoms with Crippen molar-refractivity contribution in [3.8, 4) is 0 Å². The van der Waals surface area contributed by atoms with Crippen LogP contribution < -0.4 is 15.6 Å². The summed E-state index contributed by atoms with van der Waals surface area (Å²) in [6, 6.07) is 17.4. The van der Waals surface area contributed by atoms with Crippen LogP contribution in [0.15, 0.2) is 77.7 Å². The maximum absolute atomic E-state index is 13.6. The van der Waals surface area contributed by atoms with Crippen molar-refractivity contribution in [2.24, 2.45) is 0 Å². The van der Waals surface area contributed by atoms with E-state index in [1.54, 1.807) is 31.2 Å². The molecule has 0 heterocycles. The van der Waals surface area contributed by atoms with Crippen molar-refractivity contribution >= 4 is 27.5 Å². The van der Waals surface area contributed by atoms with Crippen molar-refractivity contribution in [1.82, 2.24) is 10.9 Å². The van der Waals surface area contributed by atoms with Gasteiger partial charge < -0.3 is 0 Å². The first-order chi connectivity index (χ1) is 14.3. The number of hydrogen-bond donors (Lipinski definition) is 3. The van der Waals surface area contributed by atoms with E-state index < -0.39 is 27.7 Å². The number of sulfonamides is 1. The number of benzene rings is 3. The van der Waals surface area contributed by atoms with Crippen LogP contribution in [0.1, 0.15) is 26.3 Å². The molecule has 0 aromatic heterocycles. The lowest BCUT2D eigenvalue weighted by Gasteiger charge is -2.11. The first-order valence-electron chi connectivity index (χ1n) is 8.81. The van der Waals surface area contributed by atoms with E-state index >= 15 is 0 Å². The van der Waals surface area contributed by atoms with Crippen LogP contribution in [-0.2, 0) is 10.0 Å². The normalized spacial score (nSPS) is 10.9. The summed E-state index contributed by atoms with van der Waals surface area (Å²) in [5.41, 5.74) is 5.38. The van der Waals surface area contributed by atoms with Crippen LogP contribution in [0.2, 0.25) is 0 Å². The van der Waals surface area contributed by atoms with Crippen LogP contribution >= 0.6 is 0 Å². The van der Waals surface area contributed by atoms with Crippen LogP contribution in [0.3, 0.4) is 0 Å². The number of halogens is 1. The number of hydrogen-bond acceptors (Lipinski definition) is 4. The van der Waals surface area contributed by atoms with Gasteiger partial charge in [-0.1, -0.05) is 30.3 Å². The number of para-hydroxylation sites is 1. The van der Waals surface area contributed by atoms with Crippen molar-refractivity contribution in [3.63, 3.8) is 0 Å². The highest BCUT2D eigenvalue weighted by Crippen LogP contribution is 2.19. The monoisotopic (exact) mass is 427 g/mol. The largest absolute Gasteiger partial charge is 0.279 e. The molecular formula is C21H18FN3O4S. The zero-order valence-electron chi connectivity index (χ0n) is 15.8. The molecule has 30 heavy (non-hydrogen) atoms. The van der Waals surface area contributed by atoms with Gasteiger partial charge in [0.05, 0.1) is 16.1 Å². The lowest BCUT2D eigenvalue weighted by molar-refractivity contribution is 0.0844. The van der Waals surface area contributed by atoms with E-state index in [-0.39, 0.29) is 16.0 Å². The molecule has 2 amide bonds. The van der Waals surface area contributed by atoms with Gasteiger partial charge in [-0.15, -0.1) is 0 Å². The number of amides is 2. The van der Waals surface area contributed by atoms with Gasteiger partial charge in [-0.2, -0.15) is 0 Å². The number of rotatable bonds is 5. The van der Waals surface area contributed by atoms with E-state index in [9.17, 15) is 22.4 Å². The molecule has 0 atom stereocenters. The first-order valence-corrected chi connectivity index (χ1v) is 10.3. The highest BCUT2D eigenvalue weighted by Gasteiger charge is 2.17. The molecule has 0 bridgehead atoms. The van der Waals surface area contributed by atoms with E-state index in [2.05, 4.69) is 15.6 Å². The summed E-state index contributed by atoms with van der Waals surface area (Å²) in [7, 11) is -3.84. The van der Waals surface area contributed by atoms with E-state index in [0.29, 0.717) is 5.69 Å². The van der Waals surface area contributed by atoms with Crippen LogP contribution in [0.25, 0.3) is 0 Å². The average molecular weight is 427 g/mol. The zero-order chi connectivity index (χ0) is 21.7. The molecule has 0 aliphatic carbocycles. The second kappa shape index (κ2) is 8.75. The van der Waals surface area contributed by atoms with E-state index in [4.69, 9.17) is 0 Å². The number of nitrogens with one attached hydrogen (secondary N) is 3. The number of carbonyl (C=O) groups is 2. The predicted octanol–water partition coefficient (Wildman–Crippen LogP) is 3.01. The van der Waals surface area contributed by atoms with Crippen molar-refractivity contribution < 1.29 is 22.4 Å². The van der Waals surface area contributed by atoms with E-state index in [1.807, 2.05) is 0 Å². The Bertz CT molecular complexity index is 1190. The van der Waals surface area contributed by atoms with Gasteiger partial charge in [0.25, 0.3) is 21.8 Å². The molecule has 3 aromatic carbocycles. The summed E-state index contributed by atoms with van der Waals surface area (Å²) in [6.07, 6.45) is 0. The fourth-order valence-corrected chi connectivity index (χ4v) is 3.71. The highest BCUT2D eigenvalue weighted by atomic mass is 32.2. The van der Waals surface area contributed by atoms with Gasteiger partial charge in [0.1, 0.15) is 5.82 Å². The fourth-order valence-electron chi connectivity index (χ4n) is 2.57. The molecular weight excluding hydrogens is 409 g/mol. The second-order valence-corrected chi connectivity index (χ2v) is 8.02. The summed E-state index contributed by atoms with van der Waals surface area (Å²) >= 11 is 0. The first kappa shape index (κ1) is 21.0. The lowest BCUT2D eigenvalue weighted by Crippen LogP contribution is -2.41. The summed E-state index contributed by atoms with van der Waals surface area (Å²) < 4.78 is 41.2. The van der Waals surface area contributed by atoms with Gasteiger partial charge in [0.2, 0.25) is 0 Å². The van der Waals surface area contributed by atoms with Gasteiger partial charge in [0.15, 0.2) is 0 Å². The molecule has 3 rings (SSSR count). The zero-order valence-corrected chi connectivity index (χ0v) is 16.7. The SMILES string of the molecule is Cc1ccccc1NS(=O)(=O)c1ccc(C(=O)NNC(=O)c2ccccc2F)cc1. The summed E-state index contributed by atoms with van der Waals surface area (Å²) in [4.78, 5) is 24.1. The summed E-state index contributed by atoms with van der Waals surface area (Å²) in [5, 5.41) is 0. The topological polar surface area (TPSA) is 104 Å². The minimum Gasteiger partial charge on any atom is -0.279 e. The van der Waals surface area contributed by atoms with Crippen LogP contribution in [0, 0.1) is 12.7 Å². The number of hydrazine groups is 1. The van der Waals surface area contributed by atoms with Gasteiger partial charge in [-0.05, 0) is 55.0 Å². The number of anilines is 1. The average Bonchev–Trinajstić information content (AvgIpc) is 2.74. The molecule has 0 radical (unpaired) electrons. The molecule has 0 unspecified atom stereocenters. The minimum atomic E-state index is -3.84. The lowest BCUT2D eigenvalue weighted by atomic mass is 10.2. The molecule has 154 valence electrons. The Balaban J connectivity index is 1.66. The van der Waals surface area contributed by atoms with Gasteiger partial charge >= 0.3 is 0 Å².